The molecule has 4 heteroatoms. The lowest BCUT2D eigenvalue weighted by molar-refractivity contribution is -0.137. The molecular weight excluding hydrogens is 383 g/mol. The van der Waals surface area contributed by atoms with Crippen LogP contribution in [0.3, 0.4) is 0 Å². The molecule has 0 N–H and O–H groups in total. The molecule has 2 aromatic rings. The second kappa shape index (κ2) is 9.82. The molecule has 3 rings (SSSR count). The lowest BCUT2D eigenvalue weighted by atomic mass is 9.93. The highest BCUT2D eigenvalue weighted by Gasteiger charge is 2.30. The highest BCUT2D eigenvalue weighted by molar-refractivity contribution is 5.67. The molecule has 1 heterocycles. The average Bonchev–Trinajstić information content (AvgIpc) is 2.72. The van der Waals surface area contributed by atoms with Crippen molar-refractivity contribution in [3.8, 4) is 0 Å². The first-order valence-corrected chi connectivity index (χ1v) is 11.0. The summed E-state index contributed by atoms with van der Waals surface area (Å²) in [6.07, 6.45) is 1.76. The number of hydrogen-bond acceptors (Lipinski definition) is 1. The molecule has 0 aromatic heterocycles. The van der Waals surface area contributed by atoms with E-state index in [1.165, 1.54) is 28.8 Å². The Morgan fingerprint density at radius 3 is 2.47 bits per heavy atom. The molecule has 1 aliphatic heterocycles. The molecule has 0 amide bonds. The van der Waals surface area contributed by atoms with E-state index in [1.54, 1.807) is 6.07 Å². The molecule has 1 nitrogen and oxygen atoms in total. The number of aryl methyl sites for hydroxylation is 1. The maximum Gasteiger partial charge on any atom is 0.416 e. The normalized spacial score (nSPS) is 15.5. The fraction of sp³-hybridized carbons (Fsp3) is 0.462. The van der Waals surface area contributed by atoms with Gasteiger partial charge < -0.3 is 0 Å². The molecule has 0 spiro atoms. The van der Waals surface area contributed by atoms with E-state index in [0.717, 1.165) is 57.0 Å². The Bertz CT molecular complexity index is 880. The number of rotatable bonds is 7. The molecule has 0 radical (unpaired) electrons. The van der Waals surface area contributed by atoms with E-state index in [9.17, 15) is 13.2 Å². The largest absolute Gasteiger partial charge is 0.416 e. The van der Waals surface area contributed by atoms with Gasteiger partial charge in [-0.2, -0.15) is 13.2 Å². The topological polar surface area (TPSA) is 3.24 Å². The van der Waals surface area contributed by atoms with Gasteiger partial charge in [-0.3, -0.25) is 4.90 Å². The molecule has 0 bridgehead atoms. The van der Waals surface area contributed by atoms with E-state index >= 15 is 0 Å². The lowest BCUT2D eigenvalue weighted by Crippen LogP contribution is -2.30. The van der Waals surface area contributed by atoms with Crippen LogP contribution in [0.4, 0.5) is 13.2 Å². The van der Waals surface area contributed by atoms with Gasteiger partial charge in [0.2, 0.25) is 0 Å². The lowest BCUT2D eigenvalue weighted by Gasteiger charge is -2.27. The van der Waals surface area contributed by atoms with E-state index in [4.69, 9.17) is 0 Å². The van der Waals surface area contributed by atoms with Gasteiger partial charge in [0.1, 0.15) is 0 Å². The van der Waals surface area contributed by atoms with Crippen LogP contribution in [0.25, 0.3) is 5.57 Å². The monoisotopic (exact) mass is 415 g/mol. The standard InChI is InChI=1S/C26H32F3N/c1-4-21-9-8-20(17-24(21)16-19(2)3)10-13-30-14-11-22(12-15-30)23-6-5-7-25(18-23)26(27,28)29/h5-9,11,17-19H,4,10,12-16H2,1-3H3. The minimum absolute atomic E-state index is 0.573. The van der Waals surface area contributed by atoms with E-state index in [2.05, 4.69) is 49.9 Å². The van der Waals surface area contributed by atoms with Crippen molar-refractivity contribution in [2.24, 2.45) is 5.92 Å². The van der Waals surface area contributed by atoms with Gasteiger partial charge in [-0.05, 0) is 71.6 Å². The summed E-state index contributed by atoms with van der Waals surface area (Å²) in [6, 6.07) is 12.6. The third-order valence-electron chi connectivity index (χ3n) is 5.85. The Morgan fingerprint density at radius 1 is 1.03 bits per heavy atom. The van der Waals surface area contributed by atoms with Crippen LogP contribution in [0.15, 0.2) is 48.5 Å². The second-order valence-corrected chi connectivity index (χ2v) is 8.66. The molecule has 2 aromatic carbocycles. The molecule has 0 fully saturated rings. The van der Waals surface area contributed by atoms with E-state index < -0.39 is 11.7 Å². The smallest absolute Gasteiger partial charge is 0.299 e. The van der Waals surface area contributed by atoms with Gasteiger partial charge in [0, 0.05) is 19.6 Å². The summed E-state index contributed by atoms with van der Waals surface area (Å²) in [4.78, 5) is 2.38. The third kappa shape index (κ3) is 5.98. The quantitative estimate of drug-likeness (QED) is 0.481. The summed E-state index contributed by atoms with van der Waals surface area (Å²) in [5, 5.41) is 0. The van der Waals surface area contributed by atoms with Crippen LogP contribution in [0.5, 0.6) is 0 Å². The zero-order valence-corrected chi connectivity index (χ0v) is 18.2. The molecule has 162 valence electrons. The molecule has 30 heavy (non-hydrogen) atoms. The summed E-state index contributed by atoms with van der Waals surface area (Å²) in [6.45, 7) is 9.37. The number of nitrogens with zero attached hydrogens (tertiary/aromatic N) is 1. The fourth-order valence-electron chi connectivity index (χ4n) is 4.17. The first-order chi connectivity index (χ1) is 14.3. The Balaban J connectivity index is 1.60. The van der Waals surface area contributed by atoms with Crippen molar-refractivity contribution < 1.29 is 13.2 Å². The second-order valence-electron chi connectivity index (χ2n) is 8.66. The van der Waals surface area contributed by atoms with Crippen molar-refractivity contribution in [2.75, 3.05) is 19.6 Å². The molecule has 0 aliphatic carbocycles. The summed E-state index contributed by atoms with van der Waals surface area (Å²) < 4.78 is 38.9. The zero-order valence-electron chi connectivity index (χ0n) is 18.2. The number of halogens is 3. The zero-order chi connectivity index (χ0) is 21.7. The SMILES string of the molecule is CCc1ccc(CCN2CC=C(c3cccc(C(F)(F)F)c3)CC2)cc1CC(C)C. The first kappa shape index (κ1) is 22.6. The van der Waals surface area contributed by atoms with Crippen molar-refractivity contribution in [3.05, 3.63) is 76.4 Å². The molecule has 0 unspecified atom stereocenters. The Hall–Kier alpha value is -2.07. The van der Waals surface area contributed by atoms with Crippen molar-refractivity contribution >= 4 is 5.57 Å². The minimum atomic E-state index is -4.29. The van der Waals surface area contributed by atoms with Crippen LogP contribution in [0.1, 0.15) is 55.0 Å². The van der Waals surface area contributed by atoms with Gasteiger partial charge in [0.15, 0.2) is 0 Å². The van der Waals surface area contributed by atoms with Crippen LogP contribution >= 0.6 is 0 Å². The van der Waals surface area contributed by atoms with Crippen LogP contribution in [-0.2, 0) is 25.4 Å². The summed E-state index contributed by atoms with van der Waals surface area (Å²) in [7, 11) is 0. The predicted molar refractivity (Wildman–Crippen MR) is 119 cm³/mol. The highest BCUT2D eigenvalue weighted by Crippen LogP contribution is 2.32. The van der Waals surface area contributed by atoms with Crippen LogP contribution < -0.4 is 0 Å². The Labute approximate surface area is 178 Å². The summed E-state index contributed by atoms with van der Waals surface area (Å²) in [5.74, 6) is 0.645. The van der Waals surface area contributed by atoms with Gasteiger partial charge >= 0.3 is 6.18 Å². The minimum Gasteiger partial charge on any atom is -0.299 e. The van der Waals surface area contributed by atoms with Crippen molar-refractivity contribution in [1.29, 1.82) is 0 Å². The van der Waals surface area contributed by atoms with E-state index in [1.807, 2.05) is 0 Å². The average molecular weight is 416 g/mol. The molecule has 0 saturated carbocycles. The van der Waals surface area contributed by atoms with Gasteiger partial charge in [0.05, 0.1) is 5.56 Å². The number of benzene rings is 2. The number of hydrogen-bond donors (Lipinski definition) is 0. The van der Waals surface area contributed by atoms with Crippen molar-refractivity contribution in [2.45, 2.75) is 52.6 Å². The first-order valence-electron chi connectivity index (χ1n) is 11.0. The molecular formula is C26H32F3N. The molecule has 1 aliphatic rings. The highest BCUT2D eigenvalue weighted by atomic mass is 19.4. The summed E-state index contributed by atoms with van der Waals surface area (Å²) >= 11 is 0. The third-order valence-corrected chi connectivity index (χ3v) is 5.85. The fourth-order valence-corrected chi connectivity index (χ4v) is 4.17. The van der Waals surface area contributed by atoms with Crippen LogP contribution in [-0.4, -0.2) is 24.5 Å². The number of alkyl halides is 3. The summed E-state index contributed by atoms with van der Waals surface area (Å²) in [5.41, 5.74) is 5.42. The van der Waals surface area contributed by atoms with E-state index in [0.29, 0.717) is 11.5 Å². The maximum atomic E-state index is 13.0. The van der Waals surface area contributed by atoms with Crippen LogP contribution in [0.2, 0.25) is 0 Å². The Morgan fingerprint density at radius 2 is 1.83 bits per heavy atom. The predicted octanol–water partition coefficient (Wildman–Crippen LogP) is 6.80. The molecule has 0 saturated heterocycles. The van der Waals surface area contributed by atoms with Crippen molar-refractivity contribution in [1.82, 2.24) is 4.90 Å². The van der Waals surface area contributed by atoms with Crippen LogP contribution in [0, 0.1) is 5.92 Å². The van der Waals surface area contributed by atoms with Gasteiger partial charge in [0.25, 0.3) is 0 Å². The maximum absolute atomic E-state index is 13.0. The van der Waals surface area contributed by atoms with Gasteiger partial charge in [-0.1, -0.05) is 57.2 Å². The van der Waals surface area contributed by atoms with E-state index in [-0.39, 0.29) is 0 Å². The Kier molecular flexibility index (Phi) is 7.41. The van der Waals surface area contributed by atoms with Gasteiger partial charge in [-0.25, -0.2) is 0 Å². The van der Waals surface area contributed by atoms with Crippen molar-refractivity contribution in [3.63, 3.8) is 0 Å². The molecule has 0 atom stereocenters. The van der Waals surface area contributed by atoms with Gasteiger partial charge in [-0.15, -0.1) is 0 Å².